The maximum atomic E-state index is 12.1. The predicted octanol–water partition coefficient (Wildman–Crippen LogP) is 3.54. The van der Waals surface area contributed by atoms with Gasteiger partial charge < -0.3 is 0 Å². The van der Waals surface area contributed by atoms with Crippen molar-refractivity contribution in [1.29, 1.82) is 0 Å². The van der Waals surface area contributed by atoms with Crippen molar-refractivity contribution in [3.8, 4) is 0 Å². The lowest BCUT2D eigenvalue weighted by atomic mass is 9.89. The summed E-state index contributed by atoms with van der Waals surface area (Å²) in [5, 5.41) is 0. The van der Waals surface area contributed by atoms with Crippen LogP contribution in [0.3, 0.4) is 0 Å². The second kappa shape index (κ2) is 3.49. The summed E-state index contributed by atoms with van der Waals surface area (Å²) in [6, 6.07) is 0. The Kier molecular flexibility index (Phi) is 3.05. The minimum Gasteiger partial charge on any atom is -0.171 e. The summed E-state index contributed by atoms with van der Waals surface area (Å²) in [6.45, 7) is 0. The average molecular weight is 278 g/mol. The van der Waals surface area contributed by atoms with E-state index in [4.69, 9.17) is 0 Å². The van der Waals surface area contributed by atoms with Gasteiger partial charge in [-0.05, 0) is 25.7 Å². The molecule has 0 aromatic carbocycles. The molecule has 0 atom stereocenters. The lowest BCUT2D eigenvalue weighted by Gasteiger charge is -2.26. The van der Waals surface area contributed by atoms with Crippen LogP contribution < -0.4 is 0 Å². The first-order valence-electron chi connectivity index (χ1n) is 3.71. The van der Waals surface area contributed by atoms with Gasteiger partial charge in [0.25, 0.3) is 0 Å². The number of rotatable bonds is 0. The van der Waals surface area contributed by atoms with E-state index in [2.05, 4.69) is 22.6 Å². The van der Waals surface area contributed by atoms with E-state index in [9.17, 15) is 13.2 Å². The molecular formula is C7H10F3I. The molecule has 1 rings (SSSR count). The molecule has 4 heteroatoms. The molecular weight excluding hydrogens is 268 g/mol. The molecule has 0 nitrogen and oxygen atoms in total. The molecule has 0 heterocycles. The predicted molar refractivity (Wildman–Crippen MR) is 45.8 cm³/mol. The third kappa shape index (κ3) is 2.80. The second-order valence-corrected chi connectivity index (χ2v) is 4.75. The summed E-state index contributed by atoms with van der Waals surface area (Å²) in [6.07, 6.45) is -1.83. The summed E-state index contributed by atoms with van der Waals surface area (Å²) in [7, 11) is 0. The lowest BCUT2D eigenvalue weighted by molar-refractivity contribution is -0.181. The Labute approximate surface area is 77.7 Å². The number of halogens is 4. The molecule has 1 saturated carbocycles. The number of hydrogen-bond acceptors (Lipinski definition) is 0. The third-order valence-corrected chi connectivity index (χ3v) is 3.37. The van der Waals surface area contributed by atoms with Gasteiger partial charge >= 0.3 is 6.18 Å². The SMILES string of the molecule is FC(F)(F)[C@H]1CC[C@H](I)CC1. The highest BCUT2D eigenvalue weighted by atomic mass is 127. The van der Waals surface area contributed by atoms with Crippen LogP contribution in [0.2, 0.25) is 0 Å². The highest BCUT2D eigenvalue weighted by Crippen LogP contribution is 2.39. The maximum absolute atomic E-state index is 12.1. The fourth-order valence-electron chi connectivity index (χ4n) is 1.38. The summed E-state index contributed by atoms with van der Waals surface area (Å²) in [4.78, 5) is 0. The summed E-state index contributed by atoms with van der Waals surface area (Å²) in [5.41, 5.74) is 0. The molecule has 66 valence electrons. The molecule has 0 aromatic rings. The molecule has 0 unspecified atom stereocenters. The summed E-state index contributed by atoms with van der Waals surface area (Å²) >= 11 is 2.23. The van der Waals surface area contributed by atoms with Crippen LogP contribution in [0.15, 0.2) is 0 Å². The van der Waals surface area contributed by atoms with Crippen LogP contribution in [0.4, 0.5) is 13.2 Å². The van der Waals surface area contributed by atoms with Gasteiger partial charge in [-0.3, -0.25) is 0 Å². The summed E-state index contributed by atoms with van der Waals surface area (Å²) in [5.74, 6) is -1.02. The molecule has 0 spiro atoms. The van der Waals surface area contributed by atoms with Crippen LogP contribution in [0.1, 0.15) is 25.7 Å². The molecule has 1 aliphatic rings. The van der Waals surface area contributed by atoms with Crippen molar-refractivity contribution >= 4 is 22.6 Å². The lowest BCUT2D eigenvalue weighted by Crippen LogP contribution is -2.27. The van der Waals surface area contributed by atoms with Crippen molar-refractivity contribution in [3.05, 3.63) is 0 Å². The van der Waals surface area contributed by atoms with E-state index >= 15 is 0 Å². The van der Waals surface area contributed by atoms with Crippen molar-refractivity contribution in [2.24, 2.45) is 5.92 Å². The standard InChI is InChI=1S/C7H10F3I/c8-7(9,10)5-1-3-6(11)4-2-5/h5-6H,1-4H2/t5-,6-. The maximum Gasteiger partial charge on any atom is 0.391 e. The Morgan fingerprint density at radius 2 is 1.45 bits per heavy atom. The van der Waals surface area contributed by atoms with E-state index in [0.717, 1.165) is 12.8 Å². The van der Waals surface area contributed by atoms with Gasteiger partial charge in [0.15, 0.2) is 0 Å². The number of hydrogen-bond donors (Lipinski definition) is 0. The first kappa shape index (κ1) is 9.61. The largest absolute Gasteiger partial charge is 0.391 e. The van der Waals surface area contributed by atoms with Crippen LogP contribution >= 0.6 is 22.6 Å². The summed E-state index contributed by atoms with van der Waals surface area (Å²) < 4.78 is 36.7. The topological polar surface area (TPSA) is 0 Å². The molecule has 1 aliphatic carbocycles. The monoisotopic (exact) mass is 278 g/mol. The van der Waals surface area contributed by atoms with Gasteiger partial charge in [0.05, 0.1) is 5.92 Å². The van der Waals surface area contributed by atoms with Gasteiger partial charge in [0.1, 0.15) is 0 Å². The van der Waals surface area contributed by atoms with Crippen molar-refractivity contribution < 1.29 is 13.2 Å². The molecule has 0 saturated heterocycles. The fourth-order valence-corrected chi connectivity index (χ4v) is 2.10. The van der Waals surface area contributed by atoms with Gasteiger partial charge in [0.2, 0.25) is 0 Å². The Morgan fingerprint density at radius 3 is 1.82 bits per heavy atom. The molecule has 0 bridgehead atoms. The average Bonchev–Trinajstić information content (AvgIpc) is 1.86. The van der Waals surface area contributed by atoms with Crippen molar-refractivity contribution in [3.63, 3.8) is 0 Å². The highest BCUT2D eigenvalue weighted by Gasteiger charge is 2.40. The Balaban J connectivity index is 2.39. The highest BCUT2D eigenvalue weighted by molar-refractivity contribution is 14.1. The smallest absolute Gasteiger partial charge is 0.171 e. The van der Waals surface area contributed by atoms with E-state index in [1.54, 1.807) is 0 Å². The van der Waals surface area contributed by atoms with Crippen LogP contribution in [0.5, 0.6) is 0 Å². The fraction of sp³-hybridized carbons (Fsp3) is 1.00. The Bertz CT molecular complexity index is 124. The zero-order valence-electron chi connectivity index (χ0n) is 5.99. The number of alkyl halides is 4. The first-order valence-corrected chi connectivity index (χ1v) is 4.95. The normalized spacial score (nSPS) is 33.8. The van der Waals surface area contributed by atoms with E-state index < -0.39 is 12.1 Å². The van der Waals surface area contributed by atoms with Gasteiger partial charge in [-0.1, -0.05) is 22.6 Å². The van der Waals surface area contributed by atoms with Crippen molar-refractivity contribution in [1.82, 2.24) is 0 Å². The molecule has 11 heavy (non-hydrogen) atoms. The van der Waals surface area contributed by atoms with Gasteiger partial charge in [-0.2, -0.15) is 13.2 Å². The van der Waals surface area contributed by atoms with Crippen molar-refractivity contribution in [2.45, 2.75) is 35.8 Å². The molecule has 0 amide bonds. The van der Waals surface area contributed by atoms with Gasteiger partial charge in [0, 0.05) is 3.92 Å². The molecule has 0 radical (unpaired) electrons. The second-order valence-electron chi connectivity index (χ2n) is 2.99. The van der Waals surface area contributed by atoms with Crippen molar-refractivity contribution in [2.75, 3.05) is 0 Å². The minimum atomic E-state index is -3.95. The van der Waals surface area contributed by atoms with Crippen LogP contribution in [-0.2, 0) is 0 Å². The molecule has 0 N–H and O–H groups in total. The first-order chi connectivity index (χ1) is 5.00. The Morgan fingerprint density at radius 1 is 1.00 bits per heavy atom. The zero-order chi connectivity index (χ0) is 8.48. The van der Waals surface area contributed by atoms with Crippen LogP contribution in [0.25, 0.3) is 0 Å². The molecule has 1 fully saturated rings. The van der Waals surface area contributed by atoms with E-state index in [0.29, 0.717) is 16.8 Å². The Hall–Kier alpha value is 0.520. The molecule has 0 aromatic heterocycles. The quantitative estimate of drug-likeness (QED) is 0.469. The van der Waals surface area contributed by atoms with Crippen LogP contribution in [0, 0.1) is 5.92 Å². The van der Waals surface area contributed by atoms with E-state index in [1.807, 2.05) is 0 Å². The van der Waals surface area contributed by atoms with Crippen LogP contribution in [-0.4, -0.2) is 10.1 Å². The third-order valence-electron chi connectivity index (χ3n) is 2.12. The van der Waals surface area contributed by atoms with E-state index in [-0.39, 0.29) is 0 Å². The zero-order valence-corrected chi connectivity index (χ0v) is 8.15. The van der Waals surface area contributed by atoms with Gasteiger partial charge in [-0.15, -0.1) is 0 Å². The van der Waals surface area contributed by atoms with Gasteiger partial charge in [-0.25, -0.2) is 0 Å². The minimum absolute atomic E-state index is 0.330. The van der Waals surface area contributed by atoms with E-state index in [1.165, 1.54) is 0 Å². The molecule has 0 aliphatic heterocycles.